The number of rotatable bonds is 9. The zero-order chi connectivity index (χ0) is 22.3. The average Bonchev–Trinajstić information content (AvgIpc) is 2.76. The van der Waals surface area contributed by atoms with Gasteiger partial charge in [-0.2, -0.15) is 0 Å². The summed E-state index contributed by atoms with van der Waals surface area (Å²) < 4.78 is 39.1. The second kappa shape index (κ2) is 9.99. The number of ether oxygens (including phenoxy) is 2. The van der Waals surface area contributed by atoms with E-state index in [0.717, 1.165) is 5.56 Å². The molecule has 0 heterocycles. The van der Waals surface area contributed by atoms with Crippen LogP contribution in [0.2, 0.25) is 0 Å². The van der Waals surface area contributed by atoms with Crippen LogP contribution in [0.5, 0.6) is 11.5 Å². The highest BCUT2D eigenvalue weighted by atomic mass is 32.2. The van der Waals surface area contributed by atoms with Crippen molar-refractivity contribution in [3.63, 3.8) is 0 Å². The molecule has 0 aliphatic heterocycles. The Labute approximate surface area is 182 Å². The summed E-state index contributed by atoms with van der Waals surface area (Å²) in [7, 11) is -2.58. The zero-order valence-electron chi connectivity index (χ0n) is 17.3. The first kappa shape index (κ1) is 22.2. The van der Waals surface area contributed by atoms with Crippen molar-refractivity contribution < 1.29 is 22.7 Å². The minimum Gasteiger partial charge on any atom is -0.495 e. The van der Waals surface area contributed by atoms with Gasteiger partial charge in [0.25, 0.3) is 10.0 Å². The van der Waals surface area contributed by atoms with E-state index in [1.165, 1.54) is 19.2 Å². The standard InChI is InChI=1S/C23H24N2O5S/c1-3-30-20-12-9-18(10-13-20)25-31(27,28)22-16-19(11-14-21(22)29-2)24-23(26)15-17-7-5-4-6-8-17/h4-14,16,25H,3,15H2,1-2H3,(H,24,26). The first-order valence-corrected chi connectivity index (χ1v) is 11.2. The predicted molar refractivity (Wildman–Crippen MR) is 120 cm³/mol. The fraction of sp³-hybridized carbons (Fsp3) is 0.174. The molecule has 0 spiro atoms. The van der Waals surface area contributed by atoms with E-state index in [4.69, 9.17) is 9.47 Å². The lowest BCUT2D eigenvalue weighted by Crippen LogP contribution is -2.17. The Balaban J connectivity index is 1.79. The Morgan fingerprint density at radius 3 is 2.26 bits per heavy atom. The van der Waals surface area contributed by atoms with Crippen LogP contribution >= 0.6 is 0 Å². The van der Waals surface area contributed by atoms with Crippen LogP contribution in [0.3, 0.4) is 0 Å². The number of methoxy groups -OCH3 is 1. The number of sulfonamides is 1. The van der Waals surface area contributed by atoms with Crippen molar-refractivity contribution in [2.24, 2.45) is 0 Å². The number of hydrogen-bond acceptors (Lipinski definition) is 5. The molecule has 3 aromatic rings. The maximum Gasteiger partial charge on any atom is 0.265 e. The van der Waals surface area contributed by atoms with Gasteiger partial charge in [-0.3, -0.25) is 9.52 Å². The van der Waals surface area contributed by atoms with E-state index in [2.05, 4.69) is 10.0 Å². The molecule has 0 aromatic heterocycles. The first-order valence-electron chi connectivity index (χ1n) is 9.69. The summed E-state index contributed by atoms with van der Waals surface area (Å²) in [4.78, 5) is 12.3. The Bertz CT molecular complexity index is 1130. The Hall–Kier alpha value is -3.52. The molecule has 0 saturated carbocycles. The van der Waals surface area contributed by atoms with Gasteiger partial charge >= 0.3 is 0 Å². The van der Waals surface area contributed by atoms with E-state index < -0.39 is 10.0 Å². The molecule has 0 unspecified atom stereocenters. The van der Waals surface area contributed by atoms with Crippen LogP contribution in [0.1, 0.15) is 12.5 Å². The number of nitrogens with one attached hydrogen (secondary N) is 2. The third-order valence-electron chi connectivity index (χ3n) is 4.36. The molecule has 0 bridgehead atoms. The summed E-state index contributed by atoms with van der Waals surface area (Å²) in [6.07, 6.45) is 0.180. The van der Waals surface area contributed by atoms with Crippen molar-refractivity contribution in [3.8, 4) is 11.5 Å². The van der Waals surface area contributed by atoms with Crippen LogP contribution in [0.25, 0.3) is 0 Å². The summed E-state index contributed by atoms with van der Waals surface area (Å²) in [5.74, 6) is 0.560. The first-order chi connectivity index (χ1) is 14.9. The van der Waals surface area contributed by atoms with E-state index in [1.807, 2.05) is 37.3 Å². The van der Waals surface area contributed by atoms with Gasteiger partial charge in [0, 0.05) is 11.4 Å². The number of carbonyl (C=O) groups excluding carboxylic acids is 1. The van der Waals surface area contributed by atoms with Crippen molar-refractivity contribution >= 4 is 27.3 Å². The third-order valence-corrected chi connectivity index (χ3v) is 5.76. The lowest BCUT2D eigenvalue weighted by atomic mass is 10.1. The summed E-state index contributed by atoms with van der Waals surface area (Å²) in [6.45, 7) is 2.39. The molecule has 31 heavy (non-hydrogen) atoms. The topological polar surface area (TPSA) is 93.7 Å². The van der Waals surface area contributed by atoms with Crippen LogP contribution in [0.15, 0.2) is 77.7 Å². The van der Waals surface area contributed by atoms with Crippen LogP contribution in [0, 0.1) is 0 Å². The summed E-state index contributed by atoms with van der Waals surface area (Å²) in [6, 6.07) is 20.3. The lowest BCUT2D eigenvalue weighted by molar-refractivity contribution is -0.115. The third kappa shape index (κ3) is 5.99. The van der Waals surface area contributed by atoms with E-state index in [9.17, 15) is 13.2 Å². The van der Waals surface area contributed by atoms with Crippen molar-refractivity contribution in [2.75, 3.05) is 23.8 Å². The minimum atomic E-state index is -3.97. The summed E-state index contributed by atoms with van der Waals surface area (Å²) in [5.41, 5.74) is 1.59. The molecule has 0 saturated heterocycles. The summed E-state index contributed by atoms with van der Waals surface area (Å²) in [5, 5.41) is 2.74. The second-order valence-corrected chi connectivity index (χ2v) is 8.29. The molecular formula is C23H24N2O5S. The Morgan fingerprint density at radius 2 is 1.61 bits per heavy atom. The molecule has 0 radical (unpaired) electrons. The molecule has 3 rings (SSSR count). The molecule has 8 heteroatoms. The fourth-order valence-electron chi connectivity index (χ4n) is 2.95. The van der Waals surface area contributed by atoms with Gasteiger partial charge in [-0.1, -0.05) is 30.3 Å². The number of carbonyl (C=O) groups is 1. The van der Waals surface area contributed by atoms with Gasteiger partial charge in [-0.15, -0.1) is 0 Å². The summed E-state index contributed by atoms with van der Waals surface area (Å²) >= 11 is 0. The van der Waals surface area contributed by atoms with Crippen LogP contribution in [-0.2, 0) is 21.2 Å². The molecule has 3 aromatic carbocycles. The van der Waals surface area contributed by atoms with Crippen molar-refractivity contribution in [1.82, 2.24) is 0 Å². The molecule has 162 valence electrons. The SMILES string of the molecule is CCOc1ccc(NS(=O)(=O)c2cc(NC(=O)Cc3ccccc3)ccc2OC)cc1. The number of benzene rings is 3. The van der Waals surface area contributed by atoms with Gasteiger partial charge in [0.2, 0.25) is 5.91 Å². The lowest BCUT2D eigenvalue weighted by Gasteiger charge is -2.14. The van der Waals surface area contributed by atoms with Gasteiger partial charge < -0.3 is 14.8 Å². The van der Waals surface area contributed by atoms with Crippen molar-refractivity contribution in [3.05, 3.63) is 78.4 Å². The van der Waals surface area contributed by atoms with Gasteiger partial charge in [0.15, 0.2) is 0 Å². The van der Waals surface area contributed by atoms with Crippen LogP contribution in [0.4, 0.5) is 11.4 Å². The zero-order valence-corrected chi connectivity index (χ0v) is 18.1. The van der Waals surface area contributed by atoms with Crippen LogP contribution in [-0.4, -0.2) is 28.0 Å². The average molecular weight is 441 g/mol. The maximum atomic E-state index is 13.0. The minimum absolute atomic E-state index is 0.0820. The van der Waals surface area contributed by atoms with Crippen molar-refractivity contribution in [2.45, 2.75) is 18.2 Å². The Kier molecular flexibility index (Phi) is 7.15. The van der Waals surface area contributed by atoms with Gasteiger partial charge in [-0.05, 0) is 55.0 Å². The number of hydrogen-bond donors (Lipinski definition) is 2. The molecule has 1 amide bonds. The van der Waals surface area contributed by atoms with E-state index >= 15 is 0 Å². The van der Waals surface area contributed by atoms with Crippen molar-refractivity contribution in [1.29, 1.82) is 0 Å². The highest BCUT2D eigenvalue weighted by Gasteiger charge is 2.21. The molecular weight excluding hydrogens is 416 g/mol. The fourth-order valence-corrected chi connectivity index (χ4v) is 4.20. The largest absolute Gasteiger partial charge is 0.495 e. The Morgan fingerprint density at radius 1 is 0.935 bits per heavy atom. The maximum absolute atomic E-state index is 13.0. The van der Waals surface area contributed by atoms with Gasteiger partial charge in [0.05, 0.1) is 20.1 Å². The van der Waals surface area contributed by atoms with Gasteiger partial charge in [-0.25, -0.2) is 8.42 Å². The smallest absolute Gasteiger partial charge is 0.265 e. The highest BCUT2D eigenvalue weighted by Crippen LogP contribution is 2.29. The predicted octanol–water partition coefficient (Wildman–Crippen LogP) is 4.08. The number of anilines is 2. The molecule has 7 nitrogen and oxygen atoms in total. The molecule has 0 atom stereocenters. The van der Waals surface area contributed by atoms with E-state index in [-0.39, 0.29) is 23.0 Å². The van der Waals surface area contributed by atoms with Crippen LogP contribution < -0.4 is 19.5 Å². The molecule has 0 aliphatic carbocycles. The second-order valence-electron chi connectivity index (χ2n) is 6.64. The highest BCUT2D eigenvalue weighted by molar-refractivity contribution is 7.92. The van der Waals surface area contributed by atoms with E-state index in [1.54, 1.807) is 30.3 Å². The van der Waals surface area contributed by atoms with E-state index in [0.29, 0.717) is 23.7 Å². The normalized spacial score (nSPS) is 10.9. The molecule has 0 fully saturated rings. The quantitative estimate of drug-likeness (QED) is 0.523. The molecule has 0 aliphatic rings. The molecule has 2 N–H and O–H groups in total. The number of amides is 1. The monoisotopic (exact) mass is 440 g/mol. The van der Waals surface area contributed by atoms with Gasteiger partial charge in [0.1, 0.15) is 16.4 Å².